The van der Waals surface area contributed by atoms with Gasteiger partial charge in [0.15, 0.2) is 0 Å². The summed E-state index contributed by atoms with van der Waals surface area (Å²) in [4.78, 5) is 10.9. The van der Waals surface area contributed by atoms with Crippen LogP contribution >= 0.6 is 0 Å². The lowest BCUT2D eigenvalue weighted by molar-refractivity contribution is 0.303. The number of benzene rings is 3. The molecule has 5 rings (SSSR count). The molecule has 0 saturated carbocycles. The van der Waals surface area contributed by atoms with E-state index in [1.165, 1.54) is 18.5 Å². The summed E-state index contributed by atoms with van der Waals surface area (Å²) in [7, 11) is 1.79. The zero-order valence-electron chi connectivity index (χ0n) is 21.5. The van der Waals surface area contributed by atoms with E-state index in [0.717, 1.165) is 65.0 Å². The number of hydrazone groups is 1. The van der Waals surface area contributed by atoms with E-state index in [2.05, 4.69) is 20.4 Å². The maximum Gasteiger partial charge on any atom is 0.214 e. The van der Waals surface area contributed by atoms with Gasteiger partial charge in [0, 0.05) is 31.2 Å². The van der Waals surface area contributed by atoms with Gasteiger partial charge in [-0.15, -0.1) is 0 Å². The van der Waals surface area contributed by atoms with Crippen molar-refractivity contribution >= 4 is 34.6 Å². The summed E-state index contributed by atoms with van der Waals surface area (Å²) in [5.41, 5.74) is 4.27. The summed E-state index contributed by atoms with van der Waals surface area (Å²) >= 11 is 0. The second-order valence-corrected chi connectivity index (χ2v) is 9.31. The molecule has 0 unspecified atom stereocenters. The van der Waals surface area contributed by atoms with Crippen LogP contribution in [0.1, 0.15) is 29.5 Å². The van der Waals surface area contributed by atoms with Crippen molar-refractivity contribution in [1.82, 2.24) is 19.9 Å². The van der Waals surface area contributed by atoms with E-state index >= 15 is 0 Å². The highest BCUT2D eigenvalue weighted by Crippen LogP contribution is 2.28. The van der Waals surface area contributed by atoms with Crippen molar-refractivity contribution in [1.29, 1.82) is 5.41 Å². The number of aryl methyl sites for hydroxylation is 1. The van der Waals surface area contributed by atoms with Gasteiger partial charge in [-0.3, -0.25) is 5.41 Å². The van der Waals surface area contributed by atoms with Crippen molar-refractivity contribution in [2.75, 3.05) is 25.5 Å². The van der Waals surface area contributed by atoms with Gasteiger partial charge in [0.05, 0.1) is 11.7 Å². The van der Waals surface area contributed by atoms with Gasteiger partial charge >= 0.3 is 0 Å². The Morgan fingerprint density at radius 2 is 1.97 bits per heavy atom. The Kier molecular flexibility index (Phi) is 7.44. The molecule has 1 aromatic heterocycles. The molecule has 4 aromatic rings. The largest absolute Gasteiger partial charge is 0.489 e. The smallest absolute Gasteiger partial charge is 0.214 e. The first-order chi connectivity index (χ1) is 18.5. The van der Waals surface area contributed by atoms with Crippen LogP contribution in [-0.2, 0) is 6.61 Å². The van der Waals surface area contributed by atoms with Crippen molar-refractivity contribution in [3.05, 3.63) is 89.5 Å². The summed E-state index contributed by atoms with van der Waals surface area (Å²) in [5, 5.41) is 18.7. The van der Waals surface area contributed by atoms with Gasteiger partial charge in [-0.1, -0.05) is 18.2 Å². The highest BCUT2D eigenvalue weighted by Gasteiger charge is 2.17. The molecule has 9 heteroatoms. The molecule has 1 fully saturated rings. The van der Waals surface area contributed by atoms with Crippen molar-refractivity contribution in [3.8, 4) is 5.75 Å². The van der Waals surface area contributed by atoms with Crippen LogP contribution in [0, 0.1) is 18.2 Å². The van der Waals surface area contributed by atoms with Crippen LogP contribution in [0.15, 0.2) is 72.1 Å². The minimum Gasteiger partial charge on any atom is -0.489 e. The lowest BCUT2D eigenvalue weighted by atomic mass is 10.1. The highest BCUT2D eigenvalue weighted by molar-refractivity contribution is 5.95. The van der Waals surface area contributed by atoms with Gasteiger partial charge in [0.2, 0.25) is 5.96 Å². The molecule has 0 spiro atoms. The number of nitrogens with one attached hydrogen (secondary N) is 2. The molecular weight excluding hydrogens is 481 g/mol. The normalized spacial score (nSPS) is 13.3. The summed E-state index contributed by atoms with van der Waals surface area (Å²) in [6, 6.07) is 18.1. The number of anilines is 2. The molecule has 2 N–H and O–H groups in total. The predicted octanol–water partition coefficient (Wildman–Crippen LogP) is 5.70. The molecule has 0 amide bonds. The van der Waals surface area contributed by atoms with Crippen molar-refractivity contribution in [2.45, 2.75) is 26.4 Å². The van der Waals surface area contributed by atoms with E-state index in [1.807, 2.05) is 54.3 Å². The molecule has 8 nitrogen and oxygen atoms in total. The number of hydrogen-bond donors (Lipinski definition) is 2. The first-order valence-electron chi connectivity index (χ1n) is 12.6. The number of halogens is 1. The minimum atomic E-state index is -0.276. The Hall–Kier alpha value is -4.53. The van der Waals surface area contributed by atoms with Gasteiger partial charge in [-0.05, 0) is 78.9 Å². The van der Waals surface area contributed by atoms with Gasteiger partial charge < -0.3 is 15.0 Å². The predicted molar refractivity (Wildman–Crippen MR) is 149 cm³/mol. The zero-order valence-corrected chi connectivity index (χ0v) is 21.5. The molecule has 0 radical (unpaired) electrons. The fourth-order valence-corrected chi connectivity index (χ4v) is 4.41. The molecule has 0 bridgehead atoms. The van der Waals surface area contributed by atoms with Crippen LogP contribution in [0.25, 0.3) is 10.9 Å². The standard InChI is InChI=1S/C29H30FN7O/c1-20-14-24(9-11-27(20)38-18-22-6-5-7-23(30)15-22)35-28-25-16-21(8-10-26(25)32-19-33-28)17-34-36(2)29(31)37-12-3-4-13-37/h5-11,14-17,19,31H,3-4,12-13,18H2,1-2H3,(H,32,33,35)/b31-29?,34-17+. The lowest BCUT2D eigenvalue weighted by Gasteiger charge is -2.23. The number of aromatic nitrogens is 2. The molecule has 1 aliphatic rings. The monoisotopic (exact) mass is 511 g/mol. The maximum atomic E-state index is 13.4. The average Bonchev–Trinajstić information content (AvgIpc) is 3.46. The van der Waals surface area contributed by atoms with Crippen LogP contribution < -0.4 is 10.1 Å². The molecule has 1 saturated heterocycles. The number of likely N-dealkylation sites (tertiary alicyclic amines) is 1. The van der Waals surface area contributed by atoms with E-state index in [0.29, 0.717) is 18.4 Å². The van der Waals surface area contributed by atoms with Crippen molar-refractivity contribution < 1.29 is 9.13 Å². The Morgan fingerprint density at radius 3 is 2.76 bits per heavy atom. The van der Waals surface area contributed by atoms with E-state index < -0.39 is 0 Å². The summed E-state index contributed by atoms with van der Waals surface area (Å²) in [6.07, 6.45) is 5.51. The second-order valence-electron chi connectivity index (χ2n) is 9.31. The van der Waals surface area contributed by atoms with Crippen molar-refractivity contribution in [3.63, 3.8) is 0 Å². The highest BCUT2D eigenvalue weighted by atomic mass is 19.1. The Morgan fingerprint density at radius 1 is 1.13 bits per heavy atom. The number of guanidine groups is 1. The van der Waals surface area contributed by atoms with Gasteiger partial charge in [0.1, 0.15) is 30.3 Å². The van der Waals surface area contributed by atoms with Crippen LogP contribution in [0.3, 0.4) is 0 Å². The van der Waals surface area contributed by atoms with E-state index in [1.54, 1.807) is 24.3 Å². The third-order valence-corrected chi connectivity index (χ3v) is 6.47. The fraction of sp³-hybridized carbons (Fsp3) is 0.241. The quantitative estimate of drug-likeness (QED) is 0.188. The van der Waals surface area contributed by atoms with Crippen LogP contribution in [0.5, 0.6) is 5.75 Å². The van der Waals surface area contributed by atoms with Crippen molar-refractivity contribution in [2.24, 2.45) is 5.10 Å². The summed E-state index contributed by atoms with van der Waals surface area (Å²) in [5.74, 6) is 1.54. The number of ether oxygens (including phenoxy) is 1. The van der Waals surface area contributed by atoms with E-state index in [-0.39, 0.29) is 5.82 Å². The molecule has 38 heavy (non-hydrogen) atoms. The maximum absolute atomic E-state index is 13.4. The fourth-order valence-electron chi connectivity index (χ4n) is 4.41. The molecule has 2 heterocycles. The first kappa shape index (κ1) is 25.1. The molecule has 194 valence electrons. The topological polar surface area (TPSA) is 89.7 Å². The molecule has 0 atom stereocenters. The van der Waals surface area contributed by atoms with E-state index in [9.17, 15) is 4.39 Å². The lowest BCUT2D eigenvalue weighted by Crippen LogP contribution is -2.37. The third kappa shape index (κ3) is 5.88. The SMILES string of the molecule is Cc1cc(Nc2ncnc3ccc(/C=N/N(C)C(=N)N4CCCC4)cc23)ccc1OCc1cccc(F)c1. The number of rotatable bonds is 7. The number of fused-ring (bicyclic) bond motifs is 1. The Labute approximate surface area is 221 Å². The average molecular weight is 512 g/mol. The van der Waals surface area contributed by atoms with Gasteiger partial charge in [-0.2, -0.15) is 5.10 Å². The summed E-state index contributed by atoms with van der Waals surface area (Å²) < 4.78 is 19.4. The number of nitrogens with zero attached hydrogens (tertiary/aromatic N) is 5. The molecule has 3 aromatic carbocycles. The first-order valence-corrected chi connectivity index (χ1v) is 12.6. The van der Waals surface area contributed by atoms with Crippen LogP contribution in [-0.4, -0.2) is 52.2 Å². The van der Waals surface area contributed by atoms with Gasteiger partial charge in [0.25, 0.3) is 0 Å². The third-order valence-electron chi connectivity index (χ3n) is 6.47. The molecular formula is C29H30FN7O. The zero-order chi connectivity index (χ0) is 26.5. The molecule has 0 aliphatic carbocycles. The number of hydrogen-bond acceptors (Lipinski definition) is 6. The van der Waals surface area contributed by atoms with Crippen LogP contribution in [0.4, 0.5) is 15.9 Å². The van der Waals surface area contributed by atoms with E-state index in [4.69, 9.17) is 10.1 Å². The Bertz CT molecular complexity index is 1480. The second kappa shape index (κ2) is 11.2. The van der Waals surface area contributed by atoms with Crippen LogP contribution in [0.2, 0.25) is 0 Å². The van der Waals surface area contributed by atoms with Gasteiger partial charge in [-0.25, -0.2) is 19.4 Å². The molecule has 1 aliphatic heterocycles. The Balaban J connectivity index is 1.30. The summed E-state index contributed by atoms with van der Waals surface area (Å²) in [6.45, 7) is 4.06. The minimum absolute atomic E-state index is 0.276.